The van der Waals surface area contributed by atoms with Crippen molar-refractivity contribution in [1.29, 1.82) is 0 Å². The van der Waals surface area contributed by atoms with Gasteiger partial charge in [-0.05, 0) is 37.4 Å². The Balaban J connectivity index is 1.62. The summed E-state index contributed by atoms with van der Waals surface area (Å²) in [7, 11) is 0. The first-order chi connectivity index (χ1) is 9.76. The summed E-state index contributed by atoms with van der Waals surface area (Å²) in [5.41, 5.74) is 1.68. The highest BCUT2D eigenvalue weighted by atomic mass is 79.9. The molecular weight excluding hydrogens is 314 g/mol. The lowest BCUT2D eigenvalue weighted by Crippen LogP contribution is -2.62. The van der Waals surface area contributed by atoms with Crippen molar-refractivity contribution in [1.82, 2.24) is 5.32 Å². The van der Waals surface area contributed by atoms with Gasteiger partial charge >= 0.3 is 0 Å². The summed E-state index contributed by atoms with van der Waals surface area (Å²) in [5, 5.41) is 3.67. The number of rotatable bonds is 5. The molecule has 2 fully saturated rings. The van der Waals surface area contributed by atoms with E-state index < -0.39 is 0 Å². The second-order valence-corrected chi connectivity index (χ2v) is 7.03. The number of halogens is 1. The molecule has 0 bridgehead atoms. The predicted octanol–water partition coefficient (Wildman–Crippen LogP) is 4.28. The van der Waals surface area contributed by atoms with Crippen LogP contribution in [0.4, 0.5) is 0 Å². The number of ether oxygens (including phenoxy) is 1. The summed E-state index contributed by atoms with van der Waals surface area (Å²) in [6.45, 7) is 4.01. The zero-order chi connectivity index (χ0) is 14.0. The lowest BCUT2D eigenvalue weighted by molar-refractivity contribution is -0.139. The van der Waals surface area contributed by atoms with Crippen molar-refractivity contribution < 1.29 is 4.74 Å². The molecule has 3 rings (SSSR count). The summed E-state index contributed by atoms with van der Waals surface area (Å²) in [6.07, 6.45) is 7.05. The third kappa shape index (κ3) is 2.56. The van der Waals surface area contributed by atoms with Gasteiger partial charge in [-0.25, -0.2) is 0 Å². The van der Waals surface area contributed by atoms with E-state index >= 15 is 0 Å². The third-order valence-electron chi connectivity index (χ3n) is 5.17. The smallest absolute Gasteiger partial charge is 0.0731 e. The SMILES string of the molecule is CCNC1CC(OCc2ccccc2Br)C12CCCC2. The van der Waals surface area contributed by atoms with E-state index in [1.165, 1.54) is 37.7 Å². The highest BCUT2D eigenvalue weighted by Crippen LogP contribution is 2.54. The number of nitrogens with one attached hydrogen (secondary N) is 1. The van der Waals surface area contributed by atoms with Crippen LogP contribution in [0.3, 0.4) is 0 Å². The van der Waals surface area contributed by atoms with Crippen molar-refractivity contribution in [3.05, 3.63) is 34.3 Å². The van der Waals surface area contributed by atoms with E-state index in [2.05, 4.69) is 52.4 Å². The molecule has 1 spiro atoms. The fourth-order valence-corrected chi connectivity index (χ4v) is 4.42. The molecule has 2 nitrogen and oxygen atoms in total. The molecule has 20 heavy (non-hydrogen) atoms. The molecule has 1 aromatic rings. The normalized spacial score (nSPS) is 27.7. The molecule has 2 unspecified atom stereocenters. The maximum atomic E-state index is 6.29. The van der Waals surface area contributed by atoms with Gasteiger partial charge in [0.05, 0.1) is 12.7 Å². The van der Waals surface area contributed by atoms with E-state index in [9.17, 15) is 0 Å². The van der Waals surface area contributed by atoms with E-state index in [1.54, 1.807) is 0 Å². The van der Waals surface area contributed by atoms with E-state index in [0.717, 1.165) is 17.6 Å². The number of benzene rings is 1. The van der Waals surface area contributed by atoms with Crippen LogP contribution in [-0.4, -0.2) is 18.7 Å². The van der Waals surface area contributed by atoms with E-state index in [4.69, 9.17) is 4.74 Å². The van der Waals surface area contributed by atoms with Crippen LogP contribution >= 0.6 is 15.9 Å². The standard InChI is InChI=1S/C17H24BrNO/c1-2-19-15-11-16(17(15)9-5-6-10-17)20-12-13-7-3-4-8-14(13)18/h3-4,7-8,15-16,19H,2,5-6,9-12H2,1H3. The molecule has 2 aliphatic rings. The Morgan fingerprint density at radius 1 is 1.30 bits per heavy atom. The highest BCUT2D eigenvalue weighted by molar-refractivity contribution is 9.10. The van der Waals surface area contributed by atoms with Gasteiger partial charge in [0.25, 0.3) is 0 Å². The van der Waals surface area contributed by atoms with Crippen LogP contribution < -0.4 is 5.32 Å². The largest absolute Gasteiger partial charge is 0.373 e. The van der Waals surface area contributed by atoms with Crippen molar-refractivity contribution in [2.75, 3.05) is 6.54 Å². The summed E-state index contributed by atoms with van der Waals surface area (Å²) in [6, 6.07) is 9.05. The Bertz CT molecular complexity index is 456. The fourth-order valence-electron chi connectivity index (χ4n) is 4.02. The van der Waals surface area contributed by atoms with Gasteiger partial charge in [-0.2, -0.15) is 0 Å². The zero-order valence-electron chi connectivity index (χ0n) is 12.2. The maximum absolute atomic E-state index is 6.29. The average molecular weight is 338 g/mol. The minimum Gasteiger partial charge on any atom is -0.373 e. The number of hydrogen-bond donors (Lipinski definition) is 1. The summed E-state index contributed by atoms with van der Waals surface area (Å²) < 4.78 is 7.44. The monoisotopic (exact) mass is 337 g/mol. The second-order valence-electron chi connectivity index (χ2n) is 6.18. The van der Waals surface area contributed by atoms with E-state index in [1.807, 2.05) is 0 Å². The summed E-state index contributed by atoms with van der Waals surface area (Å²) in [4.78, 5) is 0. The van der Waals surface area contributed by atoms with E-state index in [0.29, 0.717) is 17.6 Å². The molecule has 0 aliphatic heterocycles. The molecule has 2 aliphatic carbocycles. The van der Waals surface area contributed by atoms with Crippen molar-refractivity contribution in [3.8, 4) is 0 Å². The Morgan fingerprint density at radius 2 is 2.05 bits per heavy atom. The molecule has 0 saturated heterocycles. The van der Waals surface area contributed by atoms with Gasteiger partial charge in [-0.1, -0.05) is 53.9 Å². The van der Waals surface area contributed by atoms with Crippen LogP contribution in [0.15, 0.2) is 28.7 Å². The molecule has 2 atom stereocenters. The van der Waals surface area contributed by atoms with E-state index in [-0.39, 0.29) is 0 Å². The lowest BCUT2D eigenvalue weighted by atomic mass is 9.60. The summed E-state index contributed by atoms with van der Waals surface area (Å²) in [5.74, 6) is 0. The first-order valence-electron chi connectivity index (χ1n) is 7.84. The molecule has 110 valence electrons. The zero-order valence-corrected chi connectivity index (χ0v) is 13.8. The predicted molar refractivity (Wildman–Crippen MR) is 85.7 cm³/mol. The van der Waals surface area contributed by atoms with Crippen LogP contribution in [0.25, 0.3) is 0 Å². The van der Waals surface area contributed by atoms with Crippen molar-refractivity contribution in [2.24, 2.45) is 5.41 Å². The van der Waals surface area contributed by atoms with Gasteiger partial charge in [-0.3, -0.25) is 0 Å². The molecule has 0 amide bonds. The molecule has 0 radical (unpaired) electrons. The van der Waals surface area contributed by atoms with Crippen LogP contribution in [0, 0.1) is 5.41 Å². The lowest BCUT2D eigenvalue weighted by Gasteiger charge is -2.54. The maximum Gasteiger partial charge on any atom is 0.0731 e. The Labute approximate surface area is 130 Å². The van der Waals surface area contributed by atoms with Crippen LogP contribution in [-0.2, 0) is 11.3 Å². The fraction of sp³-hybridized carbons (Fsp3) is 0.647. The van der Waals surface area contributed by atoms with Gasteiger partial charge in [0.15, 0.2) is 0 Å². The highest BCUT2D eigenvalue weighted by Gasteiger charge is 2.56. The van der Waals surface area contributed by atoms with Gasteiger partial charge in [0.1, 0.15) is 0 Å². The molecule has 1 aromatic carbocycles. The van der Waals surface area contributed by atoms with Crippen LogP contribution in [0.2, 0.25) is 0 Å². The summed E-state index contributed by atoms with van der Waals surface area (Å²) >= 11 is 3.61. The van der Waals surface area contributed by atoms with Crippen LogP contribution in [0.5, 0.6) is 0 Å². The van der Waals surface area contributed by atoms with Crippen LogP contribution in [0.1, 0.15) is 44.6 Å². The van der Waals surface area contributed by atoms with Crippen molar-refractivity contribution in [3.63, 3.8) is 0 Å². The molecule has 1 N–H and O–H groups in total. The quantitative estimate of drug-likeness (QED) is 0.865. The Morgan fingerprint density at radius 3 is 2.75 bits per heavy atom. The minimum absolute atomic E-state index is 0.428. The molecule has 2 saturated carbocycles. The molecular formula is C17H24BrNO. The van der Waals surface area contributed by atoms with Crippen molar-refractivity contribution in [2.45, 2.75) is 57.8 Å². The third-order valence-corrected chi connectivity index (χ3v) is 5.94. The average Bonchev–Trinajstić information content (AvgIpc) is 2.96. The molecule has 0 heterocycles. The van der Waals surface area contributed by atoms with Gasteiger partial charge in [0.2, 0.25) is 0 Å². The Kier molecular flexibility index (Phi) is 4.49. The Hall–Kier alpha value is -0.380. The first kappa shape index (κ1) is 14.6. The van der Waals surface area contributed by atoms with Gasteiger partial charge < -0.3 is 10.1 Å². The van der Waals surface area contributed by atoms with Gasteiger partial charge in [-0.15, -0.1) is 0 Å². The van der Waals surface area contributed by atoms with Gasteiger partial charge in [0, 0.05) is 15.9 Å². The first-order valence-corrected chi connectivity index (χ1v) is 8.64. The molecule has 3 heteroatoms. The van der Waals surface area contributed by atoms with Crippen molar-refractivity contribution >= 4 is 15.9 Å². The molecule has 0 aromatic heterocycles. The topological polar surface area (TPSA) is 21.3 Å². The number of hydrogen-bond acceptors (Lipinski definition) is 2. The minimum atomic E-state index is 0.428. The second kappa shape index (κ2) is 6.17.